The van der Waals surface area contributed by atoms with E-state index in [0.29, 0.717) is 6.29 Å². The van der Waals surface area contributed by atoms with E-state index >= 15 is 0 Å². The van der Waals surface area contributed by atoms with Gasteiger partial charge in [-0.05, 0) is 38.5 Å². The lowest BCUT2D eigenvalue weighted by Gasteiger charge is -2.31. The van der Waals surface area contributed by atoms with Gasteiger partial charge in [-0.2, -0.15) is 0 Å². The zero-order valence-electron chi connectivity index (χ0n) is 13.1. The third-order valence-electron chi connectivity index (χ3n) is 3.18. The summed E-state index contributed by atoms with van der Waals surface area (Å²) < 4.78 is 18.2. The smallest absolute Gasteiger partial charge is 0.410 e. The zero-order valence-corrected chi connectivity index (χ0v) is 13.1. The summed E-state index contributed by atoms with van der Waals surface area (Å²) in [5, 5.41) is 0. The first-order chi connectivity index (χ1) is 9.65. The molecular weight excluding hydrogens is 273 g/mol. The molecule has 2 unspecified atom stereocenters. The highest BCUT2D eigenvalue weighted by molar-refractivity contribution is 5.74. The average Bonchev–Trinajstić information content (AvgIpc) is 2.38. The molecule has 0 radical (unpaired) electrons. The molecule has 1 amide bonds. The van der Waals surface area contributed by atoms with Gasteiger partial charge in [0.2, 0.25) is 0 Å². The Balaban J connectivity index is 2.88. The van der Waals surface area contributed by atoms with E-state index < -0.39 is 17.7 Å². The number of likely N-dealkylation sites (N-methyl/N-ethyl adjacent to an activating group) is 1. The van der Waals surface area contributed by atoms with Crippen LogP contribution in [0.2, 0.25) is 0 Å². The van der Waals surface area contributed by atoms with Gasteiger partial charge in [0, 0.05) is 13.0 Å². The number of rotatable bonds is 4. The highest BCUT2D eigenvalue weighted by Crippen LogP contribution is 2.23. The highest BCUT2D eigenvalue weighted by Gasteiger charge is 2.29. The lowest BCUT2D eigenvalue weighted by Crippen LogP contribution is -2.44. The van der Waals surface area contributed by atoms with E-state index in [9.17, 15) is 14.0 Å². The molecule has 21 heavy (non-hydrogen) atoms. The minimum Gasteiger partial charge on any atom is -0.444 e. The Morgan fingerprint density at radius 3 is 2.24 bits per heavy atom. The Labute approximate surface area is 124 Å². The Hall–Kier alpha value is -1.91. The molecule has 2 atom stereocenters. The second-order valence-corrected chi connectivity index (χ2v) is 6.06. The Kier molecular flexibility index (Phi) is 5.47. The Bertz CT molecular complexity index is 493. The first-order valence-corrected chi connectivity index (χ1v) is 6.82. The lowest BCUT2D eigenvalue weighted by atomic mass is 9.93. The van der Waals surface area contributed by atoms with Gasteiger partial charge < -0.3 is 14.4 Å². The van der Waals surface area contributed by atoms with Gasteiger partial charge in [0.15, 0.2) is 0 Å². The molecule has 1 aromatic rings. The number of aldehydes is 1. The van der Waals surface area contributed by atoms with Gasteiger partial charge >= 0.3 is 6.09 Å². The lowest BCUT2D eigenvalue weighted by molar-refractivity contribution is -0.112. The van der Waals surface area contributed by atoms with E-state index in [0.717, 1.165) is 5.56 Å². The SMILES string of the molecule is CC(c1ccc(F)cc1)C(C=O)N(C)C(=O)OC(C)(C)C. The fraction of sp³-hybridized carbons (Fsp3) is 0.500. The fourth-order valence-electron chi connectivity index (χ4n) is 1.96. The maximum Gasteiger partial charge on any atom is 0.410 e. The van der Waals surface area contributed by atoms with E-state index in [2.05, 4.69) is 0 Å². The zero-order chi connectivity index (χ0) is 16.2. The van der Waals surface area contributed by atoms with Crippen LogP contribution in [0.15, 0.2) is 24.3 Å². The van der Waals surface area contributed by atoms with Gasteiger partial charge in [0.25, 0.3) is 0 Å². The molecule has 0 fully saturated rings. The summed E-state index contributed by atoms with van der Waals surface area (Å²) >= 11 is 0. The molecule has 1 aromatic carbocycles. The van der Waals surface area contributed by atoms with E-state index in [1.54, 1.807) is 32.9 Å². The summed E-state index contributed by atoms with van der Waals surface area (Å²) in [4.78, 5) is 24.7. The van der Waals surface area contributed by atoms with E-state index in [1.807, 2.05) is 6.92 Å². The molecule has 0 aromatic heterocycles. The van der Waals surface area contributed by atoms with Crippen molar-refractivity contribution >= 4 is 12.4 Å². The van der Waals surface area contributed by atoms with Gasteiger partial charge in [-0.1, -0.05) is 19.1 Å². The fourth-order valence-corrected chi connectivity index (χ4v) is 1.96. The predicted molar refractivity (Wildman–Crippen MR) is 78.7 cm³/mol. The summed E-state index contributed by atoms with van der Waals surface area (Å²) in [5.74, 6) is -0.602. The van der Waals surface area contributed by atoms with Crippen LogP contribution in [0.25, 0.3) is 0 Å². The van der Waals surface area contributed by atoms with Crippen molar-refractivity contribution in [3.63, 3.8) is 0 Å². The number of ether oxygens (including phenoxy) is 1. The molecule has 0 aliphatic rings. The van der Waals surface area contributed by atoms with Gasteiger partial charge in [-0.25, -0.2) is 9.18 Å². The van der Waals surface area contributed by atoms with Crippen molar-refractivity contribution in [2.45, 2.75) is 45.3 Å². The van der Waals surface area contributed by atoms with Crippen LogP contribution in [-0.2, 0) is 9.53 Å². The maximum atomic E-state index is 13.0. The molecule has 0 N–H and O–H groups in total. The molecule has 0 bridgehead atoms. The van der Waals surface area contributed by atoms with Crippen LogP contribution in [-0.4, -0.2) is 36.0 Å². The molecule has 0 heterocycles. The minimum absolute atomic E-state index is 0.263. The normalized spacial score (nSPS) is 14.2. The highest BCUT2D eigenvalue weighted by atomic mass is 19.1. The van der Waals surface area contributed by atoms with Crippen LogP contribution in [0.4, 0.5) is 9.18 Å². The van der Waals surface area contributed by atoms with Gasteiger partial charge in [0.1, 0.15) is 17.7 Å². The number of hydrogen-bond donors (Lipinski definition) is 0. The van der Waals surface area contributed by atoms with Crippen LogP contribution >= 0.6 is 0 Å². The largest absolute Gasteiger partial charge is 0.444 e. The second-order valence-electron chi connectivity index (χ2n) is 6.06. The minimum atomic E-state index is -0.676. The van der Waals surface area contributed by atoms with Crippen LogP contribution in [0, 0.1) is 5.82 Å². The van der Waals surface area contributed by atoms with Gasteiger partial charge in [0.05, 0.1) is 6.04 Å². The first-order valence-electron chi connectivity index (χ1n) is 6.82. The van der Waals surface area contributed by atoms with Crippen molar-refractivity contribution in [2.75, 3.05) is 7.05 Å². The Morgan fingerprint density at radius 2 is 1.81 bits per heavy atom. The van der Waals surface area contributed by atoms with Crippen LogP contribution < -0.4 is 0 Å². The van der Waals surface area contributed by atoms with Crippen molar-refractivity contribution in [2.24, 2.45) is 0 Å². The van der Waals surface area contributed by atoms with Crippen LogP contribution in [0.5, 0.6) is 0 Å². The Morgan fingerprint density at radius 1 is 1.29 bits per heavy atom. The number of halogens is 1. The number of nitrogens with zero attached hydrogens (tertiary/aromatic N) is 1. The van der Waals surface area contributed by atoms with Crippen molar-refractivity contribution in [3.8, 4) is 0 Å². The van der Waals surface area contributed by atoms with Crippen molar-refractivity contribution < 1.29 is 18.7 Å². The third-order valence-corrected chi connectivity index (χ3v) is 3.18. The molecule has 4 nitrogen and oxygen atoms in total. The van der Waals surface area contributed by atoms with E-state index in [-0.39, 0.29) is 11.7 Å². The number of benzene rings is 1. The molecule has 5 heteroatoms. The third kappa shape index (κ3) is 4.85. The van der Waals surface area contributed by atoms with Crippen LogP contribution in [0.1, 0.15) is 39.2 Å². The van der Waals surface area contributed by atoms with Crippen molar-refractivity contribution in [1.29, 1.82) is 0 Å². The standard InChI is InChI=1S/C16H22FNO3/c1-11(12-6-8-13(17)9-7-12)14(10-19)18(5)15(20)21-16(2,3)4/h6-11,14H,1-5H3. The molecule has 0 aliphatic carbocycles. The summed E-state index contributed by atoms with van der Waals surface area (Å²) in [7, 11) is 1.52. The van der Waals surface area contributed by atoms with E-state index in [4.69, 9.17) is 4.74 Å². The average molecular weight is 295 g/mol. The molecule has 0 spiro atoms. The second kappa shape index (κ2) is 6.70. The molecular formula is C16H22FNO3. The summed E-state index contributed by atoms with van der Waals surface area (Å²) in [6.07, 6.45) is 0.145. The summed E-state index contributed by atoms with van der Waals surface area (Å²) in [6, 6.07) is 5.21. The van der Waals surface area contributed by atoms with Crippen LogP contribution in [0.3, 0.4) is 0 Å². The summed E-state index contributed by atoms with van der Waals surface area (Å²) in [6.45, 7) is 7.10. The molecule has 0 saturated carbocycles. The van der Waals surface area contributed by atoms with Gasteiger partial charge in [-0.3, -0.25) is 0 Å². The molecule has 0 aliphatic heterocycles. The number of carbonyl (C=O) groups excluding carboxylic acids is 2. The monoisotopic (exact) mass is 295 g/mol. The molecule has 1 rings (SSSR count). The number of hydrogen-bond acceptors (Lipinski definition) is 3. The number of amides is 1. The number of carbonyl (C=O) groups is 2. The maximum absolute atomic E-state index is 13.0. The predicted octanol–water partition coefficient (Wildman–Crippen LogP) is 3.36. The first kappa shape index (κ1) is 17.1. The molecule has 0 saturated heterocycles. The quantitative estimate of drug-likeness (QED) is 0.800. The van der Waals surface area contributed by atoms with Crippen molar-refractivity contribution in [1.82, 2.24) is 4.90 Å². The molecule has 116 valence electrons. The topological polar surface area (TPSA) is 46.6 Å². The van der Waals surface area contributed by atoms with Gasteiger partial charge in [-0.15, -0.1) is 0 Å². The van der Waals surface area contributed by atoms with E-state index in [1.165, 1.54) is 24.1 Å². The summed E-state index contributed by atoms with van der Waals surface area (Å²) in [5.41, 5.74) is 0.154. The van der Waals surface area contributed by atoms with Crippen molar-refractivity contribution in [3.05, 3.63) is 35.6 Å².